The zero-order valence-corrected chi connectivity index (χ0v) is 19.8. The number of rotatable bonds is 11. The summed E-state index contributed by atoms with van der Waals surface area (Å²) in [6, 6.07) is 11.4. The third-order valence-electron chi connectivity index (χ3n) is 5.54. The van der Waals surface area contributed by atoms with Crippen molar-refractivity contribution in [1.29, 1.82) is 0 Å². The third-order valence-corrected chi connectivity index (χ3v) is 5.54. The summed E-state index contributed by atoms with van der Waals surface area (Å²) in [5, 5.41) is 5.20. The second-order valence-electron chi connectivity index (χ2n) is 8.23. The molecular weight excluding hydrogens is 449 g/mol. The molecule has 3 rings (SSSR count). The van der Waals surface area contributed by atoms with Crippen LogP contribution >= 0.6 is 0 Å². The Balaban J connectivity index is 1.69. The summed E-state index contributed by atoms with van der Waals surface area (Å²) in [7, 11) is 0. The van der Waals surface area contributed by atoms with Crippen molar-refractivity contribution in [2.24, 2.45) is 11.5 Å². The highest BCUT2D eigenvalue weighted by atomic mass is 19.1. The molecule has 7 N–H and O–H groups in total. The van der Waals surface area contributed by atoms with E-state index in [0.29, 0.717) is 36.4 Å². The Labute approximate surface area is 203 Å². The summed E-state index contributed by atoms with van der Waals surface area (Å²) in [4.78, 5) is 33.6. The zero-order valence-electron chi connectivity index (χ0n) is 19.8. The van der Waals surface area contributed by atoms with Gasteiger partial charge >= 0.3 is 6.03 Å². The molecule has 0 saturated heterocycles. The van der Waals surface area contributed by atoms with Gasteiger partial charge < -0.3 is 21.8 Å². The molecule has 35 heavy (non-hydrogen) atoms. The predicted octanol–water partition coefficient (Wildman–Crippen LogP) is 3.03. The van der Waals surface area contributed by atoms with E-state index in [4.69, 9.17) is 11.5 Å². The van der Waals surface area contributed by atoms with Crippen LogP contribution in [0, 0.1) is 12.7 Å². The molecule has 0 fully saturated rings. The first-order valence-electron chi connectivity index (χ1n) is 11.6. The van der Waals surface area contributed by atoms with E-state index in [1.165, 1.54) is 12.3 Å². The van der Waals surface area contributed by atoms with Crippen molar-refractivity contribution in [3.8, 4) is 11.1 Å². The van der Waals surface area contributed by atoms with Crippen molar-refractivity contribution in [2.75, 3.05) is 36.8 Å². The summed E-state index contributed by atoms with van der Waals surface area (Å²) < 4.78 is 14.9. The van der Waals surface area contributed by atoms with Gasteiger partial charge in [-0.1, -0.05) is 30.3 Å². The van der Waals surface area contributed by atoms with E-state index in [-0.39, 0.29) is 11.5 Å². The monoisotopic (exact) mass is 481 g/mol. The van der Waals surface area contributed by atoms with Crippen LogP contribution < -0.4 is 27.7 Å². The molecule has 0 bridgehead atoms. The molecule has 0 spiro atoms. The normalized spacial score (nSPS) is 11.0. The quantitative estimate of drug-likeness (QED) is 0.285. The van der Waals surface area contributed by atoms with E-state index in [1.54, 1.807) is 24.3 Å². The second-order valence-corrected chi connectivity index (χ2v) is 8.23. The highest BCUT2D eigenvalue weighted by molar-refractivity contribution is 5.99. The molecule has 3 aromatic rings. The van der Waals surface area contributed by atoms with Crippen molar-refractivity contribution in [3.05, 3.63) is 76.0 Å². The minimum Gasteiger partial charge on any atom is -0.331 e. The fourth-order valence-electron chi connectivity index (χ4n) is 3.63. The smallest absolute Gasteiger partial charge is 0.326 e. The Kier molecular flexibility index (Phi) is 9.47. The summed E-state index contributed by atoms with van der Waals surface area (Å²) in [5.41, 5.74) is 13.3. The number of anilines is 2. The lowest BCUT2D eigenvalue weighted by Gasteiger charge is -2.22. The summed E-state index contributed by atoms with van der Waals surface area (Å²) in [6.45, 7) is 4.94. The first-order valence-corrected chi connectivity index (χ1v) is 11.6. The van der Waals surface area contributed by atoms with Crippen molar-refractivity contribution >= 4 is 17.7 Å². The summed E-state index contributed by atoms with van der Waals surface area (Å²) >= 11 is 0. The number of benzene rings is 2. The molecule has 2 aromatic carbocycles. The molecule has 0 aliphatic rings. The topological polar surface area (TPSA) is 142 Å². The van der Waals surface area contributed by atoms with Gasteiger partial charge in [-0.2, -0.15) is 4.98 Å². The molecule has 9 nitrogen and oxygen atoms in total. The van der Waals surface area contributed by atoms with Crippen LogP contribution in [-0.4, -0.2) is 47.1 Å². The molecule has 0 unspecified atom stereocenters. The molecule has 1 heterocycles. The first kappa shape index (κ1) is 26.0. The number of carbonyl (C=O) groups excluding carboxylic acids is 1. The van der Waals surface area contributed by atoms with Crippen LogP contribution in [0.15, 0.2) is 53.5 Å². The molecule has 0 atom stereocenters. The van der Waals surface area contributed by atoms with Crippen molar-refractivity contribution < 1.29 is 9.18 Å². The SMILES string of the molecule is Cc1ccccc1NC(=O)Nc1nc(=O)c(-c2ccc(CN(CCCN)CCCN)c(F)c2)c[nH]1. The van der Waals surface area contributed by atoms with Gasteiger partial charge in [0, 0.05) is 24.0 Å². The minimum absolute atomic E-state index is 0.0163. The van der Waals surface area contributed by atoms with Gasteiger partial charge in [0.1, 0.15) is 5.82 Å². The largest absolute Gasteiger partial charge is 0.331 e. The Morgan fingerprint density at radius 2 is 1.80 bits per heavy atom. The van der Waals surface area contributed by atoms with E-state index in [0.717, 1.165) is 31.5 Å². The summed E-state index contributed by atoms with van der Waals surface area (Å²) in [5.74, 6) is -0.426. The molecule has 0 saturated carbocycles. The standard InChI is InChI=1S/C25H32FN7O2/c1-17-6-2-3-7-22(17)30-25(35)32-24-29-15-20(23(34)31-24)18-8-9-19(21(26)14-18)16-33(12-4-10-27)13-5-11-28/h2-3,6-9,14-15H,4-5,10-13,16,27-28H2,1H3,(H3,29,30,31,32,34,35). The number of urea groups is 1. The van der Waals surface area contributed by atoms with Crippen LogP contribution in [0.1, 0.15) is 24.0 Å². The number of amides is 2. The molecule has 0 radical (unpaired) electrons. The highest BCUT2D eigenvalue weighted by Crippen LogP contribution is 2.20. The number of para-hydroxylation sites is 1. The van der Waals surface area contributed by atoms with Gasteiger partial charge in [-0.15, -0.1) is 0 Å². The lowest BCUT2D eigenvalue weighted by atomic mass is 10.1. The maximum atomic E-state index is 14.9. The van der Waals surface area contributed by atoms with Crippen LogP contribution in [0.3, 0.4) is 0 Å². The lowest BCUT2D eigenvalue weighted by molar-refractivity contribution is 0.258. The van der Waals surface area contributed by atoms with E-state index >= 15 is 0 Å². The maximum absolute atomic E-state index is 14.9. The Morgan fingerprint density at radius 1 is 1.09 bits per heavy atom. The first-order chi connectivity index (χ1) is 16.9. The number of aromatic nitrogens is 2. The maximum Gasteiger partial charge on any atom is 0.326 e. The Bertz CT molecular complexity index is 1190. The lowest BCUT2D eigenvalue weighted by Crippen LogP contribution is -2.28. The number of carbonyl (C=O) groups is 1. The molecule has 2 amide bonds. The van der Waals surface area contributed by atoms with Gasteiger partial charge in [0.25, 0.3) is 5.56 Å². The average molecular weight is 482 g/mol. The fraction of sp³-hybridized carbons (Fsp3) is 0.320. The molecule has 10 heteroatoms. The van der Waals surface area contributed by atoms with Gasteiger partial charge in [0.15, 0.2) is 0 Å². The van der Waals surface area contributed by atoms with Crippen molar-refractivity contribution in [2.45, 2.75) is 26.3 Å². The molecular formula is C25H32FN7O2. The molecule has 0 aliphatic heterocycles. The van der Waals surface area contributed by atoms with E-state index in [1.807, 2.05) is 19.1 Å². The average Bonchev–Trinajstić information content (AvgIpc) is 2.83. The van der Waals surface area contributed by atoms with Gasteiger partial charge in [0.05, 0.1) is 5.56 Å². The molecule has 186 valence electrons. The Morgan fingerprint density at radius 3 is 2.43 bits per heavy atom. The minimum atomic E-state index is -0.588. The number of hydrogen-bond acceptors (Lipinski definition) is 6. The fourth-order valence-corrected chi connectivity index (χ4v) is 3.63. The number of H-pyrrole nitrogens is 1. The van der Waals surface area contributed by atoms with Crippen LogP contribution in [0.2, 0.25) is 0 Å². The number of nitrogens with one attached hydrogen (secondary N) is 3. The highest BCUT2D eigenvalue weighted by Gasteiger charge is 2.13. The third kappa shape index (κ3) is 7.44. The predicted molar refractivity (Wildman–Crippen MR) is 137 cm³/mol. The molecule has 0 aliphatic carbocycles. The number of halogens is 1. The van der Waals surface area contributed by atoms with Crippen molar-refractivity contribution in [1.82, 2.24) is 14.9 Å². The van der Waals surface area contributed by atoms with Gasteiger partial charge in [-0.05, 0) is 69.2 Å². The van der Waals surface area contributed by atoms with Gasteiger partial charge in [-0.25, -0.2) is 9.18 Å². The van der Waals surface area contributed by atoms with E-state index in [2.05, 4.69) is 25.5 Å². The van der Waals surface area contributed by atoms with Crippen LogP contribution in [0.25, 0.3) is 11.1 Å². The number of hydrogen-bond donors (Lipinski definition) is 5. The number of nitrogens with two attached hydrogens (primary N) is 2. The number of aromatic amines is 1. The van der Waals surface area contributed by atoms with Gasteiger partial charge in [0.2, 0.25) is 5.95 Å². The number of aryl methyl sites for hydroxylation is 1. The zero-order chi connectivity index (χ0) is 25.2. The number of nitrogens with zero attached hydrogens (tertiary/aromatic N) is 2. The Hall–Kier alpha value is -3.60. The summed E-state index contributed by atoms with van der Waals surface area (Å²) in [6.07, 6.45) is 3.03. The van der Waals surface area contributed by atoms with Crippen LogP contribution in [0.5, 0.6) is 0 Å². The van der Waals surface area contributed by atoms with E-state index < -0.39 is 17.4 Å². The van der Waals surface area contributed by atoms with E-state index in [9.17, 15) is 14.0 Å². The molecule has 1 aromatic heterocycles. The van der Waals surface area contributed by atoms with Crippen molar-refractivity contribution in [3.63, 3.8) is 0 Å². The van der Waals surface area contributed by atoms with Gasteiger partial charge in [-0.3, -0.25) is 15.0 Å². The van der Waals surface area contributed by atoms with Crippen LogP contribution in [0.4, 0.5) is 20.8 Å². The second kappa shape index (κ2) is 12.7. The van der Waals surface area contributed by atoms with Crippen LogP contribution in [-0.2, 0) is 6.54 Å².